The summed E-state index contributed by atoms with van der Waals surface area (Å²) in [4.78, 5) is 22.1. The van der Waals surface area contributed by atoms with E-state index in [1.807, 2.05) is 48.5 Å². The molecule has 25 heavy (non-hydrogen) atoms. The van der Waals surface area contributed by atoms with Crippen LogP contribution in [-0.4, -0.2) is 40.2 Å². The molecule has 2 heterocycles. The van der Waals surface area contributed by atoms with Gasteiger partial charge in [0.15, 0.2) is 0 Å². The van der Waals surface area contributed by atoms with Crippen LogP contribution in [0.2, 0.25) is 0 Å². The van der Waals surface area contributed by atoms with Crippen LogP contribution in [0.25, 0.3) is 11.0 Å². The molecule has 0 aliphatic carbocycles. The lowest BCUT2D eigenvalue weighted by Crippen LogP contribution is -2.35. The molecule has 1 aliphatic rings. The number of carbonyl (C=O) groups excluding carboxylic acids is 1. The summed E-state index contributed by atoms with van der Waals surface area (Å²) in [5, 5.41) is 12.4. The molecule has 3 aromatic rings. The molecule has 128 valence electrons. The number of carbonyl (C=O) groups is 1. The van der Waals surface area contributed by atoms with Crippen molar-refractivity contribution < 1.29 is 9.90 Å². The molecule has 0 saturated carbocycles. The van der Waals surface area contributed by atoms with Crippen molar-refractivity contribution in [3.63, 3.8) is 0 Å². The molecule has 0 unspecified atom stereocenters. The van der Waals surface area contributed by atoms with Crippen LogP contribution in [0, 0.1) is 0 Å². The minimum absolute atomic E-state index is 0.190. The van der Waals surface area contributed by atoms with Gasteiger partial charge in [-0.2, -0.15) is 0 Å². The van der Waals surface area contributed by atoms with E-state index in [1.165, 1.54) is 0 Å². The Morgan fingerprint density at radius 2 is 1.84 bits per heavy atom. The van der Waals surface area contributed by atoms with Gasteiger partial charge in [0.05, 0.1) is 17.1 Å². The molecule has 6 heteroatoms. The number of para-hydroxylation sites is 2. The Kier molecular flexibility index (Phi) is 4.11. The number of imidazole rings is 1. The third kappa shape index (κ3) is 3.34. The average Bonchev–Trinajstić information content (AvgIpc) is 3.05. The number of rotatable bonds is 3. The van der Waals surface area contributed by atoms with Crippen molar-refractivity contribution in [2.45, 2.75) is 18.9 Å². The second kappa shape index (κ2) is 6.57. The Morgan fingerprint density at radius 3 is 2.56 bits per heavy atom. The van der Waals surface area contributed by atoms with Crippen LogP contribution < -0.4 is 10.2 Å². The lowest BCUT2D eigenvalue weighted by atomic mass is 10.1. The van der Waals surface area contributed by atoms with Crippen molar-refractivity contribution in [1.29, 1.82) is 0 Å². The molecule has 0 radical (unpaired) electrons. The maximum Gasteiger partial charge on any atom is 0.257 e. The Bertz CT molecular complexity index is 847. The summed E-state index contributed by atoms with van der Waals surface area (Å²) in [6.45, 7) is 1.68. The molecule has 0 spiro atoms. The Labute approximate surface area is 145 Å². The smallest absolute Gasteiger partial charge is 0.257 e. The first-order valence-electron chi connectivity index (χ1n) is 8.48. The number of nitrogens with zero attached hydrogens (tertiary/aromatic N) is 2. The maximum atomic E-state index is 12.4. The lowest BCUT2D eigenvalue weighted by molar-refractivity contribution is 0.102. The molecule has 1 saturated heterocycles. The number of amides is 1. The van der Waals surface area contributed by atoms with E-state index in [1.54, 1.807) is 0 Å². The second-order valence-corrected chi connectivity index (χ2v) is 6.32. The van der Waals surface area contributed by atoms with E-state index in [2.05, 4.69) is 20.2 Å². The number of piperidine rings is 1. The van der Waals surface area contributed by atoms with Crippen LogP contribution in [0.4, 0.5) is 11.6 Å². The van der Waals surface area contributed by atoms with Gasteiger partial charge in [0.2, 0.25) is 5.95 Å². The molecule has 0 atom stereocenters. The fraction of sp³-hybridized carbons (Fsp3) is 0.263. The number of aliphatic hydroxyl groups is 1. The van der Waals surface area contributed by atoms with E-state index < -0.39 is 0 Å². The molecule has 1 fully saturated rings. The third-order valence-electron chi connectivity index (χ3n) is 4.58. The topological polar surface area (TPSA) is 81.2 Å². The van der Waals surface area contributed by atoms with E-state index in [0.29, 0.717) is 11.5 Å². The number of aromatic nitrogens is 2. The molecular formula is C19H20N4O2. The van der Waals surface area contributed by atoms with Gasteiger partial charge in [-0.05, 0) is 49.2 Å². The summed E-state index contributed by atoms with van der Waals surface area (Å²) in [5.74, 6) is 0.250. The number of anilines is 2. The minimum atomic E-state index is -0.195. The maximum absolute atomic E-state index is 12.4. The Morgan fingerprint density at radius 1 is 1.12 bits per heavy atom. The van der Waals surface area contributed by atoms with Crippen LogP contribution in [0.1, 0.15) is 23.2 Å². The van der Waals surface area contributed by atoms with Crippen molar-refractivity contribution in [3.05, 3.63) is 54.1 Å². The van der Waals surface area contributed by atoms with Crippen molar-refractivity contribution >= 4 is 28.6 Å². The van der Waals surface area contributed by atoms with Gasteiger partial charge in [0.25, 0.3) is 5.91 Å². The zero-order chi connectivity index (χ0) is 17.2. The number of fused-ring (bicyclic) bond motifs is 1. The number of hydrogen-bond donors (Lipinski definition) is 3. The van der Waals surface area contributed by atoms with Crippen molar-refractivity contribution in [2.24, 2.45) is 0 Å². The lowest BCUT2D eigenvalue weighted by Gasteiger charge is -2.31. The first kappa shape index (κ1) is 15.7. The zero-order valence-electron chi connectivity index (χ0n) is 13.8. The summed E-state index contributed by atoms with van der Waals surface area (Å²) in [7, 11) is 0. The van der Waals surface area contributed by atoms with E-state index in [0.717, 1.165) is 42.7 Å². The fourth-order valence-electron chi connectivity index (χ4n) is 3.14. The van der Waals surface area contributed by atoms with Gasteiger partial charge in [0.1, 0.15) is 0 Å². The number of nitrogens with one attached hydrogen (secondary N) is 2. The standard InChI is InChI=1S/C19H20N4O2/c24-15-9-11-23(12-10-15)14-7-5-13(6-8-14)18(25)22-19-20-16-3-1-2-4-17(16)21-19/h1-8,15,24H,9-12H2,(H2,20,21,22,25). The highest BCUT2D eigenvalue weighted by Crippen LogP contribution is 2.21. The van der Waals surface area contributed by atoms with Crippen molar-refractivity contribution in [3.8, 4) is 0 Å². The molecule has 4 rings (SSSR count). The minimum Gasteiger partial charge on any atom is -0.393 e. The van der Waals surface area contributed by atoms with Gasteiger partial charge in [-0.1, -0.05) is 12.1 Å². The quantitative estimate of drug-likeness (QED) is 0.687. The highest BCUT2D eigenvalue weighted by molar-refractivity contribution is 6.04. The van der Waals surface area contributed by atoms with Gasteiger partial charge in [-0.3, -0.25) is 10.1 Å². The van der Waals surface area contributed by atoms with Gasteiger partial charge >= 0.3 is 0 Å². The number of aromatic amines is 1. The highest BCUT2D eigenvalue weighted by Gasteiger charge is 2.17. The predicted octanol–water partition coefficient (Wildman–Crippen LogP) is 2.78. The molecule has 1 aliphatic heterocycles. The summed E-state index contributed by atoms with van der Waals surface area (Å²) >= 11 is 0. The normalized spacial score (nSPS) is 15.5. The van der Waals surface area contributed by atoms with E-state index >= 15 is 0 Å². The van der Waals surface area contributed by atoms with Crippen LogP contribution in [0.15, 0.2) is 48.5 Å². The van der Waals surface area contributed by atoms with E-state index in [9.17, 15) is 9.90 Å². The summed E-state index contributed by atoms with van der Waals surface area (Å²) < 4.78 is 0. The first-order chi connectivity index (χ1) is 12.2. The second-order valence-electron chi connectivity index (χ2n) is 6.32. The molecule has 0 bridgehead atoms. The van der Waals surface area contributed by atoms with Gasteiger partial charge < -0.3 is 15.0 Å². The predicted molar refractivity (Wildman–Crippen MR) is 97.9 cm³/mol. The summed E-state index contributed by atoms with van der Waals surface area (Å²) in [6, 6.07) is 15.2. The molecule has 2 aromatic carbocycles. The number of aliphatic hydroxyl groups excluding tert-OH is 1. The Balaban J connectivity index is 1.45. The van der Waals surface area contributed by atoms with Crippen molar-refractivity contribution in [2.75, 3.05) is 23.3 Å². The molecular weight excluding hydrogens is 316 g/mol. The molecule has 6 nitrogen and oxygen atoms in total. The van der Waals surface area contributed by atoms with Crippen LogP contribution in [0.3, 0.4) is 0 Å². The third-order valence-corrected chi connectivity index (χ3v) is 4.58. The number of benzene rings is 2. The van der Waals surface area contributed by atoms with E-state index in [-0.39, 0.29) is 12.0 Å². The van der Waals surface area contributed by atoms with Crippen LogP contribution in [-0.2, 0) is 0 Å². The number of H-pyrrole nitrogens is 1. The first-order valence-corrected chi connectivity index (χ1v) is 8.48. The summed E-state index contributed by atoms with van der Waals surface area (Å²) in [5.41, 5.74) is 3.37. The zero-order valence-corrected chi connectivity index (χ0v) is 13.8. The number of hydrogen-bond acceptors (Lipinski definition) is 4. The van der Waals surface area contributed by atoms with E-state index in [4.69, 9.17) is 0 Å². The monoisotopic (exact) mass is 336 g/mol. The highest BCUT2D eigenvalue weighted by atomic mass is 16.3. The molecule has 1 aromatic heterocycles. The molecule has 3 N–H and O–H groups in total. The fourth-order valence-corrected chi connectivity index (χ4v) is 3.14. The molecule has 1 amide bonds. The average molecular weight is 336 g/mol. The van der Waals surface area contributed by atoms with Crippen LogP contribution in [0.5, 0.6) is 0 Å². The largest absolute Gasteiger partial charge is 0.393 e. The Hall–Kier alpha value is -2.86. The van der Waals surface area contributed by atoms with Gasteiger partial charge in [-0.15, -0.1) is 0 Å². The van der Waals surface area contributed by atoms with Crippen molar-refractivity contribution in [1.82, 2.24) is 9.97 Å². The van der Waals surface area contributed by atoms with Gasteiger partial charge in [0, 0.05) is 24.3 Å². The van der Waals surface area contributed by atoms with Crippen LogP contribution >= 0.6 is 0 Å². The SMILES string of the molecule is O=C(Nc1nc2ccccc2[nH]1)c1ccc(N2CCC(O)CC2)cc1. The van der Waals surface area contributed by atoms with Gasteiger partial charge in [-0.25, -0.2) is 4.98 Å². The summed E-state index contributed by atoms with van der Waals surface area (Å²) in [6.07, 6.45) is 1.38.